The van der Waals surface area contributed by atoms with Crippen LogP contribution in [-0.2, 0) is 6.54 Å². The molecule has 148 valence electrons. The molecule has 2 aromatic heterocycles. The number of para-hydroxylation sites is 1. The summed E-state index contributed by atoms with van der Waals surface area (Å²) in [6.45, 7) is 0.561. The molecule has 30 heavy (non-hydrogen) atoms. The van der Waals surface area contributed by atoms with Gasteiger partial charge in [-0.15, -0.1) is 17.0 Å². The van der Waals surface area contributed by atoms with Crippen LogP contribution in [-0.4, -0.2) is 13.9 Å². The average Bonchev–Trinajstić information content (AvgIpc) is 3.23. The Bertz CT molecular complexity index is 1320. The molecule has 0 amide bonds. The Morgan fingerprint density at radius 3 is 2.47 bits per heavy atom. The lowest BCUT2D eigenvalue weighted by Crippen LogP contribution is -1.99. The number of fused-ring (bicyclic) bond motifs is 1. The molecule has 0 radical (unpaired) electrons. The van der Waals surface area contributed by atoms with Crippen molar-refractivity contribution >= 4 is 39.3 Å². The first-order valence-electron chi connectivity index (χ1n) is 9.42. The molecule has 0 saturated carbocycles. The van der Waals surface area contributed by atoms with Crippen molar-refractivity contribution < 1.29 is 0 Å². The van der Waals surface area contributed by atoms with Crippen molar-refractivity contribution in [3.05, 3.63) is 108 Å². The maximum absolute atomic E-state index is 4.92. The van der Waals surface area contributed by atoms with Crippen LogP contribution < -0.4 is 4.80 Å². The summed E-state index contributed by atoms with van der Waals surface area (Å²) in [4.78, 5) is 14.6. The third kappa shape index (κ3) is 4.10. The quantitative estimate of drug-likeness (QED) is 0.328. The van der Waals surface area contributed by atoms with Crippen LogP contribution in [0.3, 0.4) is 0 Å². The molecule has 5 aromatic rings. The van der Waals surface area contributed by atoms with Crippen LogP contribution in [0.5, 0.6) is 0 Å². The van der Waals surface area contributed by atoms with Gasteiger partial charge in [0.1, 0.15) is 0 Å². The van der Waals surface area contributed by atoms with Crippen LogP contribution in [0.2, 0.25) is 0 Å². The third-order valence-electron chi connectivity index (χ3n) is 4.71. The van der Waals surface area contributed by atoms with Crippen molar-refractivity contribution in [1.29, 1.82) is 0 Å². The van der Waals surface area contributed by atoms with E-state index >= 15 is 0 Å². The lowest BCUT2D eigenvalue weighted by atomic mass is 10.0. The van der Waals surface area contributed by atoms with Gasteiger partial charge in [-0.1, -0.05) is 66.7 Å². The van der Waals surface area contributed by atoms with E-state index in [4.69, 9.17) is 9.98 Å². The number of hydrogen-bond donors (Lipinski definition) is 0. The number of nitrogens with zero attached hydrogens (tertiary/aromatic N) is 4. The zero-order valence-corrected chi connectivity index (χ0v) is 18.6. The zero-order valence-electron chi connectivity index (χ0n) is 16.1. The molecule has 5 rings (SSSR count). The van der Waals surface area contributed by atoms with Crippen molar-refractivity contribution in [2.75, 3.05) is 0 Å². The number of pyridine rings is 1. The topological polar surface area (TPSA) is 43.1 Å². The largest absolute Gasteiger partial charge is 0.264 e. The van der Waals surface area contributed by atoms with E-state index in [2.05, 4.69) is 63.5 Å². The summed E-state index contributed by atoms with van der Waals surface area (Å²) < 4.78 is 2.16. The summed E-state index contributed by atoms with van der Waals surface area (Å²) >= 11 is 1.55. The molecule has 0 aliphatic carbocycles. The summed E-state index contributed by atoms with van der Waals surface area (Å²) in [5.41, 5.74) is 3.25. The standard InChI is InChI=1S/C24H18N4S.BrH/c1-2-11-20(12-3-1)28-23(22-14-6-10-19-9-4-5-13-21(19)22)27-24(29-28)26-17-18-8-7-15-25-16-18;/h1-16H,17H2;1H. The number of aromatic nitrogens is 3. The van der Waals surface area contributed by atoms with Crippen molar-refractivity contribution in [2.24, 2.45) is 4.99 Å². The first-order chi connectivity index (χ1) is 14.4. The van der Waals surface area contributed by atoms with E-state index in [1.807, 2.05) is 36.5 Å². The molecule has 0 N–H and O–H groups in total. The van der Waals surface area contributed by atoms with Gasteiger partial charge in [0.25, 0.3) is 0 Å². The Hall–Kier alpha value is -3.09. The molecule has 0 aliphatic rings. The predicted octanol–water partition coefficient (Wildman–Crippen LogP) is 5.83. The fraction of sp³-hybridized carbons (Fsp3) is 0.0417. The highest BCUT2D eigenvalue weighted by atomic mass is 79.9. The molecule has 0 fully saturated rings. The molecule has 3 aromatic carbocycles. The molecule has 0 aliphatic heterocycles. The highest BCUT2D eigenvalue weighted by Gasteiger charge is 2.13. The normalized spacial score (nSPS) is 11.4. The van der Waals surface area contributed by atoms with Crippen LogP contribution in [0.15, 0.2) is 102 Å². The first-order valence-corrected chi connectivity index (χ1v) is 10.2. The molecule has 2 heterocycles. The van der Waals surface area contributed by atoms with Gasteiger partial charge in [0, 0.05) is 18.0 Å². The van der Waals surface area contributed by atoms with E-state index < -0.39 is 0 Å². The van der Waals surface area contributed by atoms with Gasteiger partial charge in [-0.2, -0.15) is 4.98 Å². The fourth-order valence-corrected chi connectivity index (χ4v) is 4.19. The lowest BCUT2D eigenvalue weighted by molar-refractivity contribution is 0.980. The first kappa shape index (κ1) is 20.2. The van der Waals surface area contributed by atoms with Gasteiger partial charge in [-0.3, -0.25) is 9.98 Å². The lowest BCUT2D eigenvalue weighted by Gasteiger charge is -2.09. The number of rotatable bonds is 4. The van der Waals surface area contributed by atoms with Gasteiger partial charge in [0.05, 0.1) is 12.2 Å². The second-order valence-corrected chi connectivity index (χ2v) is 7.56. The molecule has 6 heteroatoms. The Morgan fingerprint density at radius 2 is 1.63 bits per heavy atom. The van der Waals surface area contributed by atoms with Crippen LogP contribution >= 0.6 is 28.5 Å². The molecule has 4 nitrogen and oxygen atoms in total. The van der Waals surface area contributed by atoms with E-state index in [1.54, 1.807) is 17.7 Å². The van der Waals surface area contributed by atoms with E-state index in [-0.39, 0.29) is 17.0 Å². The Labute approximate surface area is 189 Å². The molecular formula is C24H19BrN4S. The minimum atomic E-state index is 0. The Morgan fingerprint density at radius 1 is 0.833 bits per heavy atom. The van der Waals surface area contributed by atoms with Crippen LogP contribution in [0.25, 0.3) is 27.8 Å². The highest BCUT2D eigenvalue weighted by Crippen LogP contribution is 2.29. The van der Waals surface area contributed by atoms with Gasteiger partial charge in [-0.25, -0.2) is 3.96 Å². The van der Waals surface area contributed by atoms with Gasteiger partial charge in [0.2, 0.25) is 4.80 Å². The van der Waals surface area contributed by atoms with Gasteiger partial charge in [0.15, 0.2) is 5.82 Å². The minimum Gasteiger partial charge on any atom is -0.264 e. The monoisotopic (exact) mass is 474 g/mol. The molecule has 0 unspecified atom stereocenters. The molecule has 0 spiro atoms. The average molecular weight is 475 g/mol. The highest BCUT2D eigenvalue weighted by molar-refractivity contribution is 8.93. The summed E-state index contributed by atoms with van der Waals surface area (Å²) in [6, 6.07) is 29.0. The predicted molar refractivity (Wildman–Crippen MR) is 128 cm³/mol. The summed E-state index contributed by atoms with van der Waals surface area (Å²) in [5, 5.41) is 2.38. The second-order valence-electron chi connectivity index (χ2n) is 6.64. The third-order valence-corrected chi connectivity index (χ3v) is 5.66. The van der Waals surface area contributed by atoms with Crippen molar-refractivity contribution in [3.63, 3.8) is 0 Å². The molecule has 0 saturated heterocycles. The molecule has 0 atom stereocenters. The Kier molecular flexibility index (Phi) is 6.16. The van der Waals surface area contributed by atoms with Gasteiger partial charge in [-0.05, 0) is 46.1 Å². The van der Waals surface area contributed by atoms with Crippen LogP contribution in [0.1, 0.15) is 5.56 Å². The number of hydrogen-bond acceptors (Lipinski definition) is 4. The Balaban J connectivity index is 0.00000218. The maximum atomic E-state index is 4.92. The van der Waals surface area contributed by atoms with E-state index in [0.29, 0.717) is 6.54 Å². The number of halogens is 1. The molecular weight excluding hydrogens is 456 g/mol. The molecule has 0 bridgehead atoms. The van der Waals surface area contributed by atoms with E-state index in [9.17, 15) is 0 Å². The summed E-state index contributed by atoms with van der Waals surface area (Å²) in [7, 11) is 0. The summed E-state index contributed by atoms with van der Waals surface area (Å²) in [6.07, 6.45) is 3.61. The number of benzene rings is 3. The van der Waals surface area contributed by atoms with Crippen LogP contribution in [0, 0.1) is 0 Å². The van der Waals surface area contributed by atoms with Crippen molar-refractivity contribution in [3.8, 4) is 17.1 Å². The van der Waals surface area contributed by atoms with Crippen LogP contribution in [0.4, 0.5) is 0 Å². The maximum Gasteiger partial charge on any atom is 0.223 e. The van der Waals surface area contributed by atoms with Gasteiger partial charge >= 0.3 is 0 Å². The van der Waals surface area contributed by atoms with E-state index in [0.717, 1.165) is 27.4 Å². The SMILES string of the molecule is Br.c1ccc(-n2sc(=NCc3cccnc3)nc2-c2cccc3ccccc23)cc1. The van der Waals surface area contributed by atoms with E-state index in [1.165, 1.54) is 10.8 Å². The fourth-order valence-electron chi connectivity index (χ4n) is 3.32. The summed E-state index contributed by atoms with van der Waals surface area (Å²) in [5.74, 6) is 0.905. The second kappa shape index (κ2) is 9.15. The van der Waals surface area contributed by atoms with Gasteiger partial charge < -0.3 is 0 Å². The smallest absolute Gasteiger partial charge is 0.223 e. The van der Waals surface area contributed by atoms with Crippen molar-refractivity contribution in [1.82, 2.24) is 13.9 Å². The minimum absolute atomic E-state index is 0. The zero-order chi connectivity index (χ0) is 19.5. The van der Waals surface area contributed by atoms with Crippen molar-refractivity contribution in [2.45, 2.75) is 6.54 Å².